The predicted octanol–water partition coefficient (Wildman–Crippen LogP) is 3.37. The molecule has 1 fully saturated rings. The molecule has 2 amide bonds. The van der Waals surface area contributed by atoms with E-state index in [1.165, 1.54) is 6.42 Å². The van der Waals surface area contributed by atoms with Gasteiger partial charge in [-0.25, -0.2) is 4.98 Å². The van der Waals surface area contributed by atoms with Gasteiger partial charge in [-0.2, -0.15) is 0 Å². The minimum Gasteiger partial charge on any atom is -0.451 e. The lowest BCUT2D eigenvalue weighted by atomic mass is 9.93. The Labute approximate surface area is 175 Å². The first-order valence-corrected chi connectivity index (χ1v) is 10.7. The summed E-state index contributed by atoms with van der Waals surface area (Å²) in [4.78, 5) is 32.0. The van der Waals surface area contributed by atoms with Gasteiger partial charge in [0.05, 0.1) is 18.2 Å². The van der Waals surface area contributed by atoms with E-state index in [0.717, 1.165) is 40.9 Å². The standard InChI is InChI=1S/C23H26N4O3/c1-14-18-8-3-4-9-19(18)30-21(14)23(29)27-11-10-26-13-17(25-22(26)15(27)2)12-20(28)24-16-6-5-7-16/h3-4,8-9,13,15-16H,5-7,10-12H2,1-2H3,(H,24,28). The number of fused-ring (bicyclic) bond motifs is 2. The van der Waals surface area contributed by atoms with Gasteiger partial charge in [0, 0.05) is 36.3 Å². The molecule has 1 atom stereocenters. The summed E-state index contributed by atoms with van der Waals surface area (Å²) in [7, 11) is 0. The normalized spacial score (nSPS) is 18.9. The van der Waals surface area contributed by atoms with Crippen molar-refractivity contribution in [3.63, 3.8) is 0 Å². The predicted molar refractivity (Wildman–Crippen MR) is 112 cm³/mol. The number of nitrogens with one attached hydrogen (secondary N) is 1. The third-order valence-corrected chi connectivity index (χ3v) is 6.39. The van der Waals surface area contributed by atoms with Gasteiger partial charge in [-0.05, 0) is 39.2 Å². The summed E-state index contributed by atoms with van der Waals surface area (Å²) in [6.45, 7) is 5.13. The van der Waals surface area contributed by atoms with E-state index < -0.39 is 0 Å². The highest BCUT2D eigenvalue weighted by Crippen LogP contribution is 2.31. The van der Waals surface area contributed by atoms with Crippen LogP contribution in [0.5, 0.6) is 0 Å². The maximum absolute atomic E-state index is 13.3. The molecule has 0 bridgehead atoms. The van der Waals surface area contributed by atoms with Crippen molar-refractivity contribution in [3.8, 4) is 0 Å². The number of nitrogens with zero attached hydrogens (tertiary/aromatic N) is 3. The zero-order valence-electron chi connectivity index (χ0n) is 17.4. The number of furan rings is 1. The lowest BCUT2D eigenvalue weighted by Gasteiger charge is -2.33. The summed E-state index contributed by atoms with van der Waals surface area (Å²) >= 11 is 0. The van der Waals surface area contributed by atoms with Crippen molar-refractivity contribution in [3.05, 3.63) is 53.3 Å². The molecule has 2 aromatic heterocycles. The largest absolute Gasteiger partial charge is 0.451 e. The highest BCUT2D eigenvalue weighted by atomic mass is 16.3. The lowest BCUT2D eigenvalue weighted by Crippen LogP contribution is -2.41. The van der Waals surface area contributed by atoms with Gasteiger partial charge in [0.1, 0.15) is 11.4 Å². The molecule has 0 saturated heterocycles. The fraction of sp³-hybridized carbons (Fsp3) is 0.435. The van der Waals surface area contributed by atoms with E-state index in [-0.39, 0.29) is 24.3 Å². The van der Waals surface area contributed by atoms with Crippen LogP contribution in [0.4, 0.5) is 0 Å². The minimum absolute atomic E-state index is 0.0219. The van der Waals surface area contributed by atoms with Gasteiger partial charge in [0.15, 0.2) is 5.76 Å². The second-order valence-corrected chi connectivity index (χ2v) is 8.38. The number of para-hydroxylation sites is 1. The molecule has 3 aromatic rings. The fourth-order valence-corrected chi connectivity index (χ4v) is 4.41. The maximum atomic E-state index is 13.3. The van der Waals surface area contributed by atoms with Crippen LogP contribution in [0.25, 0.3) is 11.0 Å². The zero-order chi connectivity index (χ0) is 20.8. The van der Waals surface area contributed by atoms with Crippen LogP contribution < -0.4 is 5.32 Å². The monoisotopic (exact) mass is 406 g/mol. The smallest absolute Gasteiger partial charge is 0.290 e. The van der Waals surface area contributed by atoms with Gasteiger partial charge in [-0.15, -0.1) is 0 Å². The molecule has 3 heterocycles. The number of hydrogen-bond acceptors (Lipinski definition) is 4. The molecule has 1 aliphatic heterocycles. The number of carbonyl (C=O) groups is 2. The minimum atomic E-state index is -0.192. The van der Waals surface area contributed by atoms with Gasteiger partial charge in [0.25, 0.3) is 5.91 Å². The number of rotatable bonds is 4. The van der Waals surface area contributed by atoms with E-state index in [1.807, 2.05) is 49.2 Å². The van der Waals surface area contributed by atoms with Crippen molar-refractivity contribution in [2.24, 2.45) is 0 Å². The summed E-state index contributed by atoms with van der Waals surface area (Å²) in [5.41, 5.74) is 2.34. The summed E-state index contributed by atoms with van der Waals surface area (Å²) in [5.74, 6) is 1.11. The van der Waals surface area contributed by atoms with Crippen molar-refractivity contribution in [1.82, 2.24) is 19.8 Å². The summed E-state index contributed by atoms with van der Waals surface area (Å²) in [6, 6.07) is 7.84. The third-order valence-electron chi connectivity index (χ3n) is 6.39. The number of benzene rings is 1. The Morgan fingerprint density at radius 3 is 2.77 bits per heavy atom. The second kappa shape index (κ2) is 7.31. The molecule has 1 aliphatic carbocycles. The lowest BCUT2D eigenvalue weighted by molar-refractivity contribution is -0.121. The van der Waals surface area contributed by atoms with Crippen LogP contribution in [0.1, 0.15) is 59.9 Å². The Morgan fingerprint density at radius 2 is 2.03 bits per heavy atom. The van der Waals surface area contributed by atoms with Gasteiger partial charge < -0.3 is 19.2 Å². The number of aryl methyl sites for hydroxylation is 1. The molecule has 30 heavy (non-hydrogen) atoms. The molecule has 156 valence electrons. The van der Waals surface area contributed by atoms with Crippen LogP contribution in [0.15, 0.2) is 34.9 Å². The Morgan fingerprint density at radius 1 is 1.23 bits per heavy atom. The van der Waals surface area contributed by atoms with Crippen molar-refractivity contribution in [2.45, 2.75) is 58.2 Å². The maximum Gasteiger partial charge on any atom is 0.290 e. The molecule has 2 aliphatic rings. The fourth-order valence-electron chi connectivity index (χ4n) is 4.41. The molecule has 1 saturated carbocycles. The number of carbonyl (C=O) groups excluding carboxylic acids is 2. The first-order valence-electron chi connectivity index (χ1n) is 10.7. The average molecular weight is 406 g/mol. The molecule has 1 unspecified atom stereocenters. The van der Waals surface area contributed by atoms with Gasteiger partial charge in [0.2, 0.25) is 5.91 Å². The van der Waals surface area contributed by atoms with Gasteiger partial charge >= 0.3 is 0 Å². The van der Waals surface area contributed by atoms with E-state index in [4.69, 9.17) is 9.40 Å². The molecule has 0 radical (unpaired) electrons. The molecule has 1 N–H and O–H groups in total. The van der Waals surface area contributed by atoms with Crippen LogP contribution in [0.2, 0.25) is 0 Å². The van der Waals surface area contributed by atoms with E-state index in [1.54, 1.807) is 0 Å². The molecule has 7 nitrogen and oxygen atoms in total. The van der Waals surface area contributed by atoms with Gasteiger partial charge in [-0.3, -0.25) is 9.59 Å². The van der Waals surface area contributed by atoms with Gasteiger partial charge in [-0.1, -0.05) is 18.2 Å². The van der Waals surface area contributed by atoms with Crippen LogP contribution in [-0.4, -0.2) is 38.9 Å². The van der Waals surface area contributed by atoms with Crippen molar-refractivity contribution < 1.29 is 14.0 Å². The second-order valence-electron chi connectivity index (χ2n) is 8.38. The highest BCUT2D eigenvalue weighted by Gasteiger charge is 2.33. The van der Waals surface area contributed by atoms with Crippen LogP contribution in [0, 0.1) is 6.92 Å². The number of imidazole rings is 1. The summed E-state index contributed by atoms with van der Waals surface area (Å²) < 4.78 is 7.95. The van der Waals surface area contributed by atoms with Crippen LogP contribution in [-0.2, 0) is 17.8 Å². The topological polar surface area (TPSA) is 80.4 Å². The average Bonchev–Trinajstić information content (AvgIpc) is 3.26. The molecule has 1 aromatic carbocycles. The Balaban J connectivity index is 1.34. The Bertz CT molecular complexity index is 1120. The SMILES string of the molecule is Cc1c(C(=O)N2CCn3cc(CC(=O)NC4CCC4)nc3C2C)oc2ccccc12. The number of hydrogen-bond donors (Lipinski definition) is 1. The van der Waals surface area contributed by atoms with E-state index >= 15 is 0 Å². The van der Waals surface area contributed by atoms with Crippen molar-refractivity contribution in [2.75, 3.05) is 6.54 Å². The summed E-state index contributed by atoms with van der Waals surface area (Å²) in [5, 5.41) is 4.02. The first kappa shape index (κ1) is 18.9. The quantitative estimate of drug-likeness (QED) is 0.720. The van der Waals surface area contributed by atoms with Crippen molar-refractivity contribution >= 4 is 22.8 Å². The van der Waals surface area contributed by atoms with Crippen LogP contribution >= 0.6 is 0 Å². The first-order chi connectivity index (χ1) is 14.5. The molecular weight excluding hydrogens is 380 g/mol. The number of aromatic nitrogens is 2. The van der Waals surface area contributed by atoms with E-state index in [0.29, 0.717) is 24.9 Å². The Kier molecular flexibility index (Phi) is 4.60. The zero-order valence-corrected chi connectivity index (χ0v) is 17.4. The Hall–Kier alpha value is -3.09. The molecule has 7 heteroatoms. The van der Waals surface area contributed by atoms with Crippen LogP contribution in [0.3, 0.4) is 0 Å². The summed E-state index contributed by atoms with van der Waals surface area (Å²) in [6.07, 6.45) is 5.55. The third kappa shape index (κ3) is 3.18. The molecular formula is C23H26N4O3. The number of amides is 2. The molecule has 5 rings (SSSR count). The highest BCUT2D eigenvalue weighted by molar-refractivity contribution is 5.99. The molecule has 0 spiro atoms. The van der Waals surface area contributed by atoms with E-state index in [9.17, 15) is 9.59 Å². The van der Waals surface area contributed by atoms with E-state index in [2.05, 4.69) is 9.88 Å². The van der Waals surface area contributed by atoms with Crippen molar-refractivity contribution in [1.29, 1.82) is 0 Å².